The zero-order valence-electron chi connectivity index (χ0n) is 16.3. The van der Waals surface area contributed by atoms with Gasteiger partial charge in [-0.1, -0.05) is 12.1 Å². The lowest BCUT2D eigenvalue weighted by Gasteiger charge is -2.36. The first-order chi connectivity index (χ1) is 14.2. The van der Waals surface area contributed by atoms with E-state index in [0.717, 1.165) is 48.6 Å². The Morgan fingerprint density at radius 3 is 2.59 bits per heavy atom. The summed E-state index contributed by atoms with van der Waals surface area (Å²) in [7, 11) is 1.47. The average molecular weight is 397 g/mol. The summed E-state index contributed by atoms with van der Waals surface area (Å²) in [6.45, 7) is 3.50. The average Bonchev–Trinajstić information content (AvgIpc) is 2.77. The molecule has 1 saturated heterocycles. The van der Waals surface area contributed by atoms with Crippen molar-refractivity contribution in [2.75, 3.05) is 61.6 Å². The lowest BCUT2D eigenvalue weighted by molar-refractivity contribution is 0.311. The van der Waals surface area contributed by atoms with Crippen LogP contribution in [0.4, 0.5) is 21.8 Å². The molecule has 8 heteroatoms. The highest BCUT2D eigenvalue weighted by atomic mass is 19.1. The van der Waals surface area contributed by atoms with E-state index in [1.807, 2.05) is 24.3 Å². The minimum atomic E-state index is -0.359. The first-order valence-corrected chi connectivity index (χ1v) is 9.64. The number of anilines is 3. The summed E-state index contributed by atoms with van der Waals surface area (Å²) < 4.78 is 18.8. The number of nitrogens with one attached hydrogen (secondary N) is 1. The summed E-state index contributed by atoms with van der Waals surface area (Å²) in [5.41, 5.74) is 1.80. The van der Waals surface area contributed by atoms with Crippen molar-refractivity contribution in [2.45, 2.75) is 0 Å². The lowest BCUT2D eigenvalue weighted by Crippen LogP contribution is -2.47. The number of methoxy groups -OCH3 is 1. The molecule has 4 rings (SSSR count). The van der Waals surface area contributed by atoms with Crippen molar-refractivity contribution in [3.05, 3.63) is 48.3 Å². The Balaban J connectivity index is 1.53. The van der Waals surface area contributed by atoms with Crippen molar-refractivity contribution in [1.29, 1.82) is 0 Å². The molecule has 1 aliphatic rings. The zero-order chi connectivity index (χ0) is 20.2. The maximum atomic E-state index is 13.7. The molecule has 2 aromatic carbocycles. The zero-order valence-corrected chi connectivity index (χ0v) is 16.3. The van der Waals surface area contributed by atoms with Crippen LogP contribution in [0.3, 0.4) is 0 Å². The van der Waals surface area contributed by atoms with Gasteiger partial charge in [-0.15, -0.1) is 0 Å². The van der Waals surface area contributed by atoms with Gasteiger partial charge in [0.15, 0.2) is 11.6 Å². The number of nitrogens with zero attached hydrogens (tertiary/aromatic N) is 4. The molecule has 0 amide bonds. The van der Waals surface area contributed by atoms with Gasteiger partial charge in [0.05, 0.1) is 19.2 Å². The number of halogens is 1. The van der Waals surface area contributed by atoms with Gasteiger partial charge in [0.25, 0.3) is 0 Å². The number of hydrogen-bond acceptors (Lipinski definition) is 7. The van der Waals surface area contributed by atoms with Gasteiger partial charge >= 0.3 is 0 Å². The Hall–Kier alpha value is -3.13. The molecule has 1 aliphatic heterocycles. The lowest BCUT2D eigenvalue weighted by atomic mass is 10.2. The van der Waals surface area contributed by atoms with Gasteiger partial charge in [0.1, 0.15) is 5.82 Å². The van der Waals surface area contributed by atoms with Gasteiger partial charge in [-0.05, 0) is 24.3 Å². The molecule has 29 heavy (non-hydrogen) atoms. The molecule has 0 spiro atoms. The van der Waals surface area contributed by atoms with Gasteiger partial charge in [-0.2, -0.15) is 4.98 Å². The Morgan fingerprint density at radius 1 is 1.07 bits per heavy atom. The van der Waals surface area contributed by atoms with E-state index in [2.05, 4.69) is 15.1 Å². The minimum absolute atomic E-state index is 0.0352. The number of benzene rings is 2. The molecule has 3 aromatic rings. The monoisotopic (exact) mass is 397 g/mol. The first-order valence-electron chi connectivity index (χ1n) is 9.64. The van der Waals surface area contributed by atoms with Crippen molar-refractivity contribution in [3.8, 4) is 5.75 Å². The molecule has 2 heterocycles. The number of hydrogen-bond donors (Lipinski definition) is 2. The second-order valence-corrected chi connectivity index (χ2v) is 6.83. The molecule has 0 unspecified atom stereocenters. The number of rotatable bonds is 6. The van der Waals surface area contributed by atoms with E-state index in [1.165, 1.54) is 13.2 Å². The number of fused-ring (bicyclic) bond motifs is 1. The standard InChI is InChI=1S/C21H24FN5O2/c1-29-19-14-15(6-7-17(19)22)26-9-11-27(12-10-26)21-24-18-5-3-2-4-16(18)20(25-21)23-8-13-28/h2-7,14,28H,8-13H2,1H3,(H,23,24,25). The number of aliphatic hydroxyl groups excluding tert-OH is 1. The van der Waals surface area contributed by atoms with E-state index in [4.69, 9.17) is 19.8 Å². The molecule has 2 N–H and O–H groups in total. The van der Waals surface area contributed by atoms with Crippen LogP contribution in [0.15, 0.2) is 42.5 Å². The van der Waals surface area contributed by atoms with E-state index in [0.29, 0.717) is 12.5 Å². The third-order valence-corrected chi connectivity index (χ3v) is 5.06. The fraction of sp³-hybridized carbons (Fsp3) is 0.333. The molecule has 0 bridgehead atoms. The molecule has 0 atom stereocenters. The van der Waals surface area contributed by atoms with Crippen LogP contribution in [-0.4, -0.2) is 61.5 Å². The van der Waals surface area contributed by atoms with Crippen LogP contribution in [0.25, 0.3) is 10.9 Å². The van der Waals surface area contributed by atoms with Crippen LogP contribution in [0.1, 0.15) is 0 Å². The summed E-state index contributed by atoms with van der Waals surface area (Å²) in [4.78, 5) is 13.8. The highest BCUT2D eigenvalue weighted by Crippen LogP contribution is 2.27. The topological polar surface area (TPSA) is 73.8 Å². The summed E-state index contributed by atoms with van der Waals surface area (Å²) in [5.74, 6) is 1.29. The van der Waals surface area contributed by atoms with Crippen LogP contribution in [0.5, 0.6) is 5.75 Å². The predicted octanol–water partition coefficient (Wildman–Crippen LogP) is 2.51. The fourth-order valence-corrected chi connectivity index (χ4v) is 3.52. The molecule has 0 saturated carbocycles. The molecule has 0 radical (unpaired) electrons. The SMILES string of the molecule is COc1cc(N2CCN(c3nc(NCCO)c4ccccc4n3)CC2)ccc1F. The normalized spacial score (nSPS) is 14.3. The van der Waals surface area contributed by atoms with Crippen molar-refractivity contribution in [2.24, 2.45) is 0 Å². The van der Waals surface area contributed by atoms with Crippen LogP contribution in [-0.2, 0) is 0 Å². The number of ether oxygens (including phenoxy) is 1. The number of aliphatic hydroxyl groups is 1. The quantitative estimate of drug-likeness (QED) is 0.662. The van der Waals surface area contributed by atoms with E-state index in [-0.39, 0.29) is 18.2 Å². The highest BCUT2D eigenvalue weighted by Gasteiger charge is 2.21. The fourth-order valence-electron chi connectivity index (χ4n) is 3.52. The van der Waals surface area contributed by atoms with Crippen LogP contribution in [0.2, 0.25) is 0 Å². The maximum Gasteiger partial charge on any atom is 0.228 e. The van der Waals surface area contributed by atoms with Crippen molar-refractivity contribution < 1.29 is 14.2 Å². The summed E-state index contributed by atoms with van der Waals surface area (Å²) in [5, 5.41) is 13.3. The summed E-state index contributed by atoms with van der Waals surface area (Å²) in [6, 6.07) is 12.8. The van der Waals surface area contributed by atoms with Crippen LogP contribution < -0.4 is 19.9 Å². The Morgan fingerprint density at radius 2 is 1.83 bits per heavy atom. The first kappa shape index (κ1) is 19.2. The van der Waals surface area contributed by atoms with Gasteiger partial charge < -0.3 is 25.0 Å². The number of aromatic nitrogens is 2. The van der Waals surface area contributed by atoms with E-state index < -0.39 is 0 Å². The predicted molar refractivity (Wildman–Crippen MR) is 112 cm³/mol. The third kappa shape index (κ3) is 4.02. The van der Waals surface area contributed by atoms with Crippen LogP contribution >= 0.6 is 0 Å². The van der Waals surface area contributed by atoms with Crippen LogP contribution in [0, 0.1) is 5.82 Å². The molecule has 1 aromatic heterocycles. The van der Waals surface area contributed by atoms with Crippen molar-refractivity contribution in [3.63, 3.8) is 0 Å². The summed E-state index contributed by atoms with van der Waals surface area (Å²) in [6.07, 6.45) is 0. The minimum Gasteiger partial charge on any atom is -0.494 e. The van der Waals surface area contributed by atoms with Crippen molar-refractivity contribution >= 4 is 28.4 Å². The largest absolute Gasteiger partial charge is 0.494 e. The van der Waals surface area contributed by atoms with E-state index >= 15 is 0 Å². The molecule has 7 nitrogen and oxygen atoms in total. The Kier molecular flexibility index (Phi) is 5.62. The van der Waals surface area contributed by atoms with E-state index in [9.17, 15) is 4.39 Å². The second kappa shape index (κ2) is 8.48. The molecular weight excluding hydrogens is 373 g/mol. The Bertz CT molecular complexity index is 992. The highest BCUT2D eigenvalue weighted by molar-refractivity contribution is 5.90. The van der Waals surface area contributed by atoms with Gasteiger partial charge in [-0.3, -0.25) is 0 Å². The molecule has 1 fully saturated rings. The Labute approximate surface area is 168 Å². The molecule has 152 valence electrons. The molecular formula is C21H24FN5O2. The smallest absolute Gasteiger partial charge is 0.228 e. The number of para-hydroxylation sites is 1. The van der Waals surface area contributed by atoms with Gasteiger partial charge in [-0.25, -0.2) is 9.37 Å². The molecule has 0 aliphatic carbocycles. The second-order valence-electron chi connectivity index (χ2n) is 6.83. The maximum absolute atomic E-state index is 13.7. The third-order valence-electron chi connectivity index (χ3n) is 5.06. The van der Waals surface area contributed by atoms with Gasteiger partial charge in [0, 0.05) is 49.9 Å². The number of piperazine rings is 1. The van der Waals surface area contributed by atoms with Gasteiger partial charge in [0.2, 0.25) is 5.95 Å². The van der Waals surface area contributed by atoms with Crippen molar-refractivity contribution in [1.82, 2.24) is 9.97 Å². The summed E-state index contributed by atoms with van der Waals surface area (Å²) >= 11 is 0. The van der Waals surface area contributed by atoms with E-state index in [1.54, 1.807) is 12.1 Å².